The molecule has 4 nitrogen and oxygen atoms in total. The lowest BCUT2D eigenvalue weighted by atomic mass is 10.1. The first-order chi connectivity index (χ1) is 10.6. The number of rotatable bonds is 3. The summed E-state index contributed by atoms with van der Waals surface area (Å²) in [6.45, 7) is 4.11. The second kappa shape index (κ2) is 6.50. The van der Waals surface area contributed by atoms with Crippen LogP contribution in [0.1, 0.15) is 44.1 Å². The van der Waals surface area contributed by atoms with Gasteiger partial charge in [-0.2, -0.15) is 12.8 Å². The van der Waals surface area contributed by atoms with E-state index in [9.17, 15) is 8.42 Å². The molecule has 1 saturated carbocycles. The van der Waals surface area contributed by atoms with Crippen molar-refractivity contribution in [2.45, 2.75) is 56.4 Å². The van der Waals surface area contributed by atoms with Crippen molar-refractivity contribution < 1.29 is 8.42 Å². The smallest absolute Gasteiger partial charge is 0.282 e. The van der Waals surface area contributed by atoms with Gasteiger partial charge in [-0.3, -0.25) is 4.90 Å². The molecule has 1 atom stereocenters. The molecule has 0 amide bonds. The van der Waals surface area contributed by atoms with Crippen LogP contribution < -0.4 is 0 Å². The first-order valence-corrected chi connectivity index (χ1v) is 9.65. The lowest BCUT2D eigenvalue weighted by Gasteiger charge is -2.32. The lowest BCUT2D eigenvalue weighted by molar-refractivity contribution is 0.200. The summed E-state index contributed by atoms with van der Waals surface area (Å²) in [4.78, 5) is 2.73. The average molecular weight is 320 g/mol. The number of sulfonamides is 1. The van der Waals surface area contributed by atoms with Gasteiger partial charge in [0.25, 0.3) is 10.0 Å². The second-order valence-corrected chi connectivity index (χ2v) is 7.98. The Morgan fingerprint density at radius 2 is 1.73 bits per heavy atom. The molecule has 1 aliphatic carbocycles. The molecular formula is C17H24N2O2S. The van der Waals surface area contributed by atoms with Crippen LogP contribution in [0.5, 0.6) is 0 Å². The van der Waals surface area contributed by atoms with Gasteiger partial charge in [-0.05, 0) is 64.3 Å². The highest BCUT2D eigenvalue weighted by molar-refractivity contribution is 7.90. The second-order valence-electron chi connectivity index (χ2n) is 6.38. The monoisotopic (exact) mass is 320 g/mol. The van der Waals surface area contributed by atoms with E-state index in [1.807, 2.05) is 19.1 Å². The molecule has 22 heavy (non-hydrogen) atoms. The third-order valence-electron chi connectivity index (χ3n) is 4.68. The van der Waals surface area contributed by atoms with Gasteiger partial charge in [0.2, 0.25) is 0 Å². The Bertz CT molecular complexity index is 644. The van der Waals surface area contributed by atoms with Crippen LogP contribution in [0.15, 0.2) is 33.6 Å². The van der Waals surface area contributed by atoms with Gasteiger partial charge in [0.05, 0.1) is 4.90 Å². The maximum Gasteiger partial charge on any atom is 0.282 e. The van der Waals surface area contributed by atoms with Crippen molar-refractivity contribution in [3.63, 3.8) is 0 Å². The number of hydrogen-bond acceptors (Lipinski definition) is 3. The van der Waals surface area contributed by atoms with Crippen LogP contribution in [0, 0.1) is 6.92 Å². The molecule has 0 spiro atoms. The first-order valence-electron chi connectivity index (χ1n) is 8.21. The molecular weight excluding hydrogens is 296 g/mol. The lowest BCUT2D eigenvalue weighted by Crippen LogP contribution is -2.41. The number of piperidine rings is 1. The minimum atomic E-state index is -3.57. The zero-order valence-electron chi connectivity index (χ0n) is 13.2. The summed E-state index contributed by atoms with van der Waals surface area (Å²) >= 11 is 0. The molecule has 1 saturated heterocycles. The number of likely N-dealkylation sites (tertiary alicyclic amines) is 1. The number of nitrogens with zero attached hydrogens (tertiary/aromatic N) is 2. The molecule has 0 aromatic heterocycles. The van der Waals surface area contributed by atoms with Crippen molar-refractivity contribution in [3.05, 3.63) is 29.8 Å². The zero-order valence-corrected chi connectivity index (χ0v) is 14.0. The van der Waals surface area contributed by atoms with E-state index in [0.717, 1.165) is 43.6 Å². The number of aryl methyl sites for hydroxylation is 1. The Kier molecular flexibility index (Phi) is 4.64. The Morgan fingerprint density at radius 1 is 1.05 bits per heavy atom. The van der Waals surface area contributed by atoms with Gasteiger partial charge in [-0.25, -0.2) is 0 Å². The maximum absolute atomic E-state index is 12.5. The predicted molar refractivity (Wildman–Crippen MR) is 88.9 cm³/mol. The number of hydrogen-bond donors (Lipinski definition) is 0. The predicted octanol–water partition coefficient (Wildman–Crippen LogP) is 3.16. The maximum atomic E-state index is 12.5. The summed E-state index contributed by atoms with van der Waals surface area (Å²) in [6.07, 6.45) is 6.62. The molecule has 0 bridgehead atoms. The van der Waals surface area contributed by atoms with Crippen LogP contribution in [-0.2, 0) is 10.0 Å². The summed E-state index contributed by atoms with van der Waals surface area (Å²) in [7, 11) is -3.57. The molecule has 0 radical (unpaired) electrons. The Labute approximate surface area is 133 Å². The summed E-state index contributed by atoms with van der Waals surface area (Å²) < 4.78 is 29.3. The van der Waals surface area contributed by atoms with Crippen molar-refractivity contribution in [2.75, 3.05) is 13.1 Å². The zero-order chi connectivity index (χ0) is 15.6. The summed E-state index contributed by atoms with van der Waals surface area (Å²) in [5.74, 6) is 0. The number of benzene rings is 1. The van der Waals surface area contributed by atoms with Crippen LogP contribution in [0.2, 0.25) is 0 Å². The van der Waals surface area contributed by atoms with Gasteiger partial charge < -0.3 is 0 Å². The molecule has 3 rings (SSSR count). The van der Waals surface area contributed by atoms with Gasteiger partial charge in [0, 0.05) is 11.8 Å². The van der Waals surface area contributed by atoms with Crippen molar-refractivity contribution >= 4 is 15.7 Å². The third kappa shape index (κ3) is 3.41. The fourth-order valence-corrected chi connectivity index (χ4v) is 4.56. The quantitative estimate of drug-likeness (QED) is 0.859. The van der Waals surface area contributed by atoms with Gasteiger partial charge in [-0.1, -0.05) is 24.1 Å². The van der Waals surface area contributed by atoms with Gasteiger partial charge in [-0.15, -0.1) is 0 Å². The van der Waals surface area contributed by atoms with Gasteiger partial charge >= 0.3 is 0 Å². The molecule has 0 N–H and O–H groups in total. The van der Waals surface area contributed by atoms with E-state index in [4.69, 9.17) is 0 Å². The van der Waals surface area contributed by atoms with Gasteiger partial charge in [0.15, 0.2) is 0 Å². The van der Waals surface area contributed by atoms with Crippen molar-refractivity contribution in [2.24, 2.45) is 4.40 Å². The molecule has 1 unspecified atom stereocenters. The summed E-state index contributed by atoms with van der Waals surface area (Å²) in [5.41, 5.74) is 1.92. The molecule has 5 heteroatoms. The van der Waals surface area contributed by atoms with Crippen molar-refractivity contribution in [1.82, 2.24) is 4.90 Å². The van der Waals surface area contributed by atoms with Crippen LogP contribution in [-0.4, -0.2) is 38.2 Å². The molecule has 120 valence electrons. The van der Waals surface area contributed by atoms with E-state index in [2.05, 4.69) is 9.30 Å². The third-order valence-corrected chi connectivity index (χ3v) is 6.03. The molecule has 1 aromatic rings. The van der Waals surface area contributed by atoms with E-state index in [1.54, 1.807) is 12.1 Å². The molecule has 2 fully saturated rings. The first kappa shape index (κ1) is 15.7. The standard InChI is InChI=1S/C17H24N2O2S/c1-14-8-10-15(11-9-14)22(20,21)18-16-6-5-7-17(16)19-12-3-2-4-13-19/h8-11,17H,2-7,12-13H2,1H3/b18-16+. The van der Waals surface area contributed by atoms with Crippen LogP contribution in [0.3, 0.4) is 0 Å². The van der Waals surface area contributed by atoms with Crippen LogP contribution in [0.4, 0.5) is 0 Å². The average Bonchev–Trinajstić information content (AvgIpc) is 2.96. The Morgan fingerprint density at radius 3 is 2.41 bits per heavy atom. The van der Waals surface area contributed by atoms with Crippen molar-refractivity contribution in [3.8, 4) is 0 Å². The topological polar surface area (TPSA) is 49.7 Å². The normalized spacial score (nSPS) is 25.7. The molecule has 2 aliphatic rings. The van der Waals surface area contributed by atoms with E-state index < -0.39 is 10.0 Å². The Balaban J connectivity index is 1.84. The largest absolute Gasteiger partial charge is 0.295 e. The summed E-state index contributed by atoms with van der Waals surface area (Å²) in [5, 5.41) is 0. The van der Waals surface area contributed by atoms with Gasteiger partial charge in [0.1, 0.15) is 0 Å². The highest BCUT2D eigenvalue weighted by Gasteiger charge is 2.31. The molecule has 1 aromatic carbocycles. The van der Waals surface area contributed by atoms with E-state index >= 15 is 0 Å². The Hall–Kier alpha value is -1.20. The van der Waals surface area contributed by atoms with E-state index in [-0.39, 0.29) is 6.04 Å². The minimum absolute atomic E-state index is 0.237. The molecule has 1 aliphatic heterocycles. The fourth-order valence-electron chi connectivity index (χ4n) is 3.46. The SMILES string of the molecule is Cc1ccc(S(=O)(=O)/N=C2\CCCC2N2CCCCC2)cc1. The highest BCUT2D eigenvalue weighted by atomic mass is 32.2. The van der Waals surface area contributed by atoms with Crippen LogP contribution in [0.25, 0.3) is 0 Å². The van der Waals surface area contributed by atoms with E-state index in [0.29, 0.717) is 4.90 Å². The summed E-state index contributed by atoms with van der Waals surface area (Å²) in [6, 6.07) is 7.19. The highest BCUT2D eigenvalue weighted by Crippen LogP contribution is 2.26. The van der Waals surface area contributed by atoms with Crippen molar-refractivity contribution in [1.29, 1.82) is 0 Å². The van der Waals surface area contributed by atoms with Crippen LogP contribution >= 0.6 is 0 Å². The van der Waals surface area contributed by atoms with E-state index in [1.165, 1.54) is 19.3 Å². The molecule has 1 heterocycles. The fraction of sp³-hybridized carbons (Fsp3) is 0.588. The minimum Gasteiger partial charge on any atom is -0.295 e.